The molecule has 0 aromatic heterocycles. The van der Waals surface area contributed by atoms with Gasteiger partial charge in [0, 0.05) is 44.6 Å². The van der Waals surface area contributed by atoms with Crippen LogP contribution in [0.2, 0.25) is 0 Å². The third-order valence-corrected chi connectivity index (χ3v) is 4.65. The average Bonchev–Trinajstić information content (AvgIpc) is 2.59. The molecule has 2 bridgehead atoms. The van der Waals surface area contributed by atoms with Gasteiger partial charge in [0.15, 0.2) is 0 Å². The van der Waals surface area contributed by atoms with Crippen LogP contribution in [-0.2, 0) is 4.79 Å². The van der Waals surface area contributed by atoms with E-state index in [4.69, 9.17) is 5.11 Å². The van der Waals surface area contributed by atoms with E-state index in [0.29, 0.717) is 6.54 Å². The number of nitrogens with one attached hydrogen (secondary N) is 2. The lowest BCUT2D eigenvalue weighted by atomic mass is 9.67. The summed E-state index contributed by atoms with van der Waals surface area (Å²) >= 11 is 0. The Labute approximate surface area is 111 Å². The molecule has 0 aromatic carbocycles. The van der Waals surface area contributed by atoms with Crippen molar-refractivity contribution >= 4 is 11.9 Å². The van der Waals surface area contributed by atoms with E-state index in [0.717, 1.165) is 26.2 Å². The summed E-state index contributed by atoms with van der Waals surface area (Å²) in [5, 5.41) is 14.4. The van der Waals surface area contributed by atoms with Crippen LogP contribution >= 0.6 is 0 Å². The van der Waals surface area contributed by atoms with Crippen LogP contribution in [0.1, 0.15) is 0 Å². The van der Waals surface area contributed by atoms with Gasteiger partial charge in [-0.1, -0.05) is 0 Å². The summed E-state index contributed by atoms with van der Waals surface area (Å²) in [5.41, 5.74) is -0.741. The standard InChI is InChI=1S/C12H20N4O3/c1-15-4-8-6-16(2-3-17)7-9(5-15)12(8)10(18)13-11(19)14-12/h8-9,17H,2-7H2,1H3,(H2,13,14,18,19). The number of hydrogen-bond acceptors (Lipinski definition) is 5. The van der Waals surface area contributed by atoms with Crippen LogP contribution < -0.4 is 10.6 Å². The second-order valence-corrected chi connectivity index (χ2v) is 5.88. The van der Waals surface area contributed by atoms with Crippen LogP contribution in [0.4, 0.5) is 4.79 Å². The summed E-state index contributed by atoms with van der Waals surface area (Å²) in [6.45, 7) is 3.78. The first-order valence-electron chi connectivity index (χ1n) is 6.71. The minimum Gasteiger partial charge on any atom is -0.395 e. The van der Waals surface area contributed by atoms with Gasteiger partial charge in [-0.15, -0.1) is 0 Å². The van der Waals surface area contributed by atoms with Gasteiger partial charge in [0.25, 0.3) is 5.91 Å². The Bertz CT molecular complexity index is 398. The maximum absolute atomic E-state index is 12.3. The van der Waals surface area contributed by atoms with Gasteiger partial charge in [-0.2, -0.15) is 0 Å². The normalized spacial score (nSPS) is 39.5. The van der Waals surface area contributed by atoms with Crippen molar-refractivity contribution in [1.29, 1.82) is 0 Å². The molecule has 7 nitrogen and oxygen atoms in total. The van der Waals surface area contributed by atoms with Crippen molar-refractivity contribution in [2.75, 3.05) is 46.4 Å². The van der Waals surface area contributed by atoms with Gasteiger partial charge in [-0.25, -0.2) is 4.79 Å². The molecule has 3 heterocycles. The van der Waals surface area contributed by atoms with E-state index in [-0.39, 0.29) is 30.4 Å². The van der Waals surface area contributed by atoms with Gasteiger partial charge in [0.05, 0.1) is 6.61 Å². The minimum absolute atomic E-state index is 0.0722. The third kappa shape index (κ3) is 1.84. The summed E-state index contributed by atoms with van der Waals surface area (Å²) in [4.78, 5) is 28.2. The Morgan fingerprint density at radius 3 is 2.37 bits per heavy atom. The van der Waals surface area contributed by atoms with E-state index >= 15 is 0 Å². The van der Waals surface area contributed by atoms with Crippen molar-refractivity contribution in [3.63, 3.8) is 0 Å². The quantitative estimate of drug-likeness (QED) is 0.507. The maximum atomic E-state index is 12.3. The van der Waals surface area contributed by atoms with E-state index in [1.54, 1.807) is 0 Å². The molecule has 2 atom stereocenters. The number of nitrogens with zero attached hydrogens (tertiary/aromatic N) is 2. The van der Waals surface area contributed by atoms with E-state index in [2.05, 4.69) is 20.4 Å². The second-order valence-electron chi connectivity index (χ2n) is 5.88. The van der Waals surface area contributed by atoms with Crippen molar-refractivity contribution in [2.45, 2.75) is 5.54 Å². The van der Waals surface area contributed by atoms with Crippen LogP contribution in [0.5, 0.6) is 0 Å². The molecule has 3 rings (SSSR count). The van der Waals surface area contributed by atoms with E-state index in [1.807, 2.05) is 7.05 Å². The fraction of sp³-hybridized carbons (Fsp3) is 0.833. The predicted molar refractivity (Wildman–Crippen MR) is 67.4 cm³/mol. The fourth-order valence-electron chi connectivity index (χ4n) is 3.93. The highest BCUT2D eigenvalue weighted by atomic mass is 16.3. The molecule has 0 saturated carbocycles. The Hall–Kier alpha value is -1.18. The highest BCUT2D eigenvalue weighted by Crippen LogP contribution is 2.39. The topological polar surface area (TPSA) is 84.9 Å². The Kier molecular flexibility index (Phi) is 2.99. The molecule has 0 aliphatic carbocycles. The van der Waals surface area contributed by atoms with Crippen molar-refractivity contribution in [2.24, 2.45) is 11.8 Å². The molecule has 3 fully saturated rings. The number of likely N-dealkylation sites (tertiary alicyclic amines) is 2. The van der Waals surface area contributed by atoms with Crippen molar-refractivity contribution < 1.29 is 14.7 Å². The average molecular weight is 268 g/mol. The number of carbonyl (C=O) groups excluding carboxylic acids is 2. The number of piperidine rings is 2. The lowest BCUT2D eigenvalue weighted by molar-refractivity contribution is -0.136. The maximum Gasteiger partial charge on any atom is 0.322 e. The monoisotopic (exact) mass is 268 g/mol. The van der Waals surface area contributed by atoms with Crippen LogP contribution in [0.25, 0.3) is 0 Å². The molecular formula is C12H20N4O3. The number of urea groups is 1. The molecule has 2 unspecified atom stereocenters. The second kappa shape index (κ2) is 4.43. The molecule has 3 saturated heterocycles. The highest BCUT2D eigenvalue weighted by molar-refractivity contribution is 6.07. The lowest BCUT2D eigenvalue weighted by Gasteiger charge is -2.54. The van der Waals surface area contributed by atoms with Gasteiger partial charge in [-0.3, -0.25) is 10.1 Å². The van der Waals surface area contributed by atoms with Gasteiger partial charge >= 0.3 is 6.03 Å². The molecule has 3 aliphatic rings. The van der Waals surface area contributed by atoms with Crippen LogP contribution in [0, 0.1) is 11.8 Å². The zero-order valence-electron chi connectivity index (χ0n) is 11.1. The first-order valence-corrected chi connectivity index (χ1v) is 6.71. The number of aliphatic hydroxyl groups is 1. The summed E-state index contributed by atoms with van der Waals surface area (Å²) in [5.74, 6) is -0.0322. The van der Waals surface area contributed by atoms with E-state index < -0.39 is 5.54 Å². The number of β-amino-alcohol motifs (C(OH)–C–C–N with tert-alkyl or cyclic N) is 1. The molecule has 7 heteroatoms. The smallest absolute Gasteiger partial charge is 0.322 e. The van der Waals surface area contributed by atoms with Crippen molar-refractivity contribution in [3.05, 3.63) is 0 Å². The molecule has 3 amide bonds. The van der Waals surface area contributed by atoms with Gasteiger partial charge in [0.1, 0.15) is 5.54 Å². The molecule has 0 aromatic rings. The van der Waals surface area contributed by atoms with Crippen LogP contribution in [-0.4, -0.2) is 78.8 Å². The molecule has 3 N–H and O–H groups in total. The molecule has 0 radical (unpaired) electrons. The summed E-state index contributed by atoms with van der Waals surface area (Å²) in [6.07, 6.45) is 0. The van der Waals surface area contributed by atoms with E-state index in [1.165, 1.54) is 0 Å². The largest absolute Gasteiger partial charge is 0.395 e. The number of amides is 3. The highest BCUT2D eigenvalue weighted by Gasteiger charge is 2.61. The fourth-order valence-corrected chi connectivity index (χ4v) is 3.93. The zero-order chi connectivity index (χ0) is 13.6. The van der Waals surface area contributed by atoms with Crippen molar-refractivity contribution in [1.82, 2.24) is 20.4 Å². The number of carbonyl (C=O) groups is 2. The number of aliphatic hydroxyl groups excluding tert-OH is 1. The Morgan fingerprint density at radius 1 is 1.26 bits per heavy atom. The first-order chi connectivity index (χ1) is 9.06. The molecule has 19 heavy (non-hydrogen) atoms. The summed E-state index contributed by atoms with van der Waals surface area (Å²) in [7, 11) is 2.04. The molecule has 1 spiro atoms. The summed E-state index contributed by atoms with van der Waals surface area (Å²) < 4.78 is 0. The Balaban J connectivity index is 1.90. The molecule has 3 aliphatic heterocycles. The number of hydrogen-bond donors (Lipinski definition) is 3. The predicted octanol–water partition coefficient (Wildman–Crippen LogP) is -1.95. The molecular weight excluding hydrogens is 248 g/mol. The van der Waals surface area contributed by atoms with Gasteiger partial charge in [-0.05, 0) is 7.05 Å². The van der Waals surface area contributed by atoms with Crippen LogP contribution in [0.15, 0.2) is 0 Å². The van der Waals surface area contributed by atoms with Crippen molar-refractivity contribution in [3.8, 4) is 0 Å². The zero-order valence-corrected chi connectivity index (χ0v) is 11.1. The SMILES string of the molecule is CN1CC2CN(CCO)CC(C1)C21NC(=O)NC1=O. The third-order valence-electron chi connectivity index (χ3n) is 4.65. The minimum atomic E-state index is -0.741. The lowest BCUT2D eigenvalue weighted by Crippen LogP contribution is -2.73. The summed E-state index contributed by atoms with van der Waals surface area (Å²) in [6, 6.07) is -0.375. The van der Waals surface area contributed by atoms with Gasteiger partial charge in [0.2, 0.25) is 0 Å². The molecule has 106 valence electrons. The van der Waals surface area contributed by atoms with Gasteiger partial charge < -0.3 is 20.2 Å². The Morgan fingerprint density at radius 2 is 1.89 bits per heavy atom. The first kappa shape index (κ1) is 12.8. The van der Waals surface area contributed by atoms with E-state index in [9.17, 15) is 9.59 Å². The number of imide groups is 1. The number of rotatable bonds is 2. The van der Waals surface area contributed by atoms with Crippen LogP contribution in [0.3, 0.4) is 0 Å².